The van der Waals surface area contributed by atoms with Gasteiger partial charge in [0.25, 0.3) is 0 Å². The van der Waals surface area contributed by atoms with Gasteiger partial charge in [-0.25, -0.2) is 5.57 Å². The molecule has 1 aromatic rings. The number of rotatable bonds is 4. The third kappa shape index (κ3) is 5.50. The minimum absolute atomic E-state index is 0. The summed E-state index contributed by atoms with van der Waals surface area (Å²) in [6, 6.07) is 12.5. The molecule has 0 aromatic heterocycles. The number of allylic oxidation sites excluding steroid dienone is 4. The van der Waals surface area contributed by atoms with Crippen LogP contribution in [-0.4, -0.2) is 8.07 Å². The Labute approximate surface area is 189 Å². The molecule has 0 radical (unpaired) electrons. The molecule has 0 saturated heterocycles. The van der Waals surface area contributed by atoms with E-state index in [0.717, 1.165) is 5.92 Å². The number of benzene rings is 1. The third-order valence-electron chi connectivity index (χ3n) is 5.64. The van der Waals surface area contributed by atoms with Crippen molar-refractivity contribution in [1.82, 2.24) is 0 Å². The molecule has 0 fully saturated rings. The Hall–Kier alpha value is 0.501. The first-order valence-electron chi connectivity index (χ1n) is 8.08. The van der Waals surface area contributed by atoms with Gasteiger partial charge in [0.1, 0.15) is 0 Å². The van der Waals surface area contributed by atoms with Crippen molar-refractivity contribution in [2.45, 2.75) is 59.2 Å². The Bertz CT molecular complexity index is 598. The van der Waals surface area contributed by atoms with Gasteiger partial charge in [-0.3, -0.25) is 6.08 Å². The van der Waals surface area contributed by atoms with Crippen molar-refractivity contribution < 1.29 is 58.9 Å². The molecule has 25 heavy (non-hydrogen) atoms. The number of hydrogen-bond donors (Lipinski definition) is 0. The fraction of sp³-hybridized carbons (Fsp3) is 0.500. The Morgan fingerprint density at radius 1 is 1.00 bits per heavy atom. The summed E-state index contributed by atoms with van der Waals surface area (Å²) in [7, 11) is -1.72. The summed E-state index contributed by atoms with van der Waals surface area (Å²) in [5, 5.41) is 1.68. The summed E-state index contributed by atoms with van der Waals surface area (Å²) in [5.74, 6) is 0.717. The monoisotopic (exact) mass is 450 g/mol. The van der Waals surface area contributed by atoms with Gasteiger partial charge in [0, 0.05) is 0 Å². The minimum atomic E-state index is -1.72. The molecule has 0 bridgehead atoms. The molecule has 138 valence electrons. The molecule has 0 amide bonds. The maximum atomic E-state index is 3.88. The molecular weight excluding hydrogens is 423 g/mol. The van der Waals surface area contributed by atoms with E-state index in [1.54, 1.807) is 10.8 Å². The van der Waals surface area contributed by atoms with E-state index in [-0.39, 0.29) is 64.0 Å². The molecule has 2 atom stereocenters. The second-order valence-electron chi connectivity index (χ2n) is 7.42. The van der Waals surface area contributed by atoms with E-state index in [9.17, 15) is 0 Å². The van der Waals surface area contributed by atoms with Crippen LogP contribution in [0.3, 0.4) is 0 Å². The van der Waals surface area contributed by atoms with Crippen molar-refractivity contribution in [2.75, 3.05) is 0 Å². The van der Waals surface area contributed by atoms with Gasteiger partial charge in [-0.1, -0.05) is 87.8 Å². The van der Waals surface area contributed by atoms with Crippen molar-refractivity contribution >= 4 is 13.3 Å². The van der Waals surface area contributed by atoms with Crippen molar-refractivity contribution in [1.29, 1.82) is 0 Å². The van der Waals surface area contributed by atoms with Gasteiger partial charge < -0.3 is 37.2 Å². The first kappa shape index (κ1) is 30.2. The van der Waals surface area contributed by atoms with Crippen LogP contribution in [0.15, 0.2) is 47.1 Å². The van der Waals surface area contributed by atoms with Gasteiger partial charge in [0.2, 0.25) is 0 Å². The average Bonchev–Trinajstić information content (AvgIpc) is 2.64. The smallest absolute Gasteiger partial charge is 1.00 e. The van der Waals surface area contributed by atoms with Crippen LogP contribution in [0.2, 0.25) is 17.6 Å². The Morgan fingerprint density at radius 3 is 1.84 bits per heavy atom. The van der Waals surface area contributed by atoms with Gasteiger partial charge in [-0.05, 0) is 5.92 Å². The van der Waals surface area contributed by atoms with Crippen LogP contribution in [0.4, 0.5) is 0 Å². The van der Waals surface area contributed by atoms with E-state index < -0.39 is 8.07 Å². The van der Waals surface area contributed by atoms with Gasteiger partial charge >= 0.3 is 21.7 Å². The zero-order chi connectivity index (χ0) is 15.8. The van der Waals surface area contributed by atoms with Crippen molar-refractivity contribution in [3.8, 4) is 0 Å². The second-order valence-corrected chi connectivity index (χ2v) is 12.1. The molecular formula is C20H29Cl3SiTi. The molecule has 2 unspecified atom stereocenters. The first-order valence-corrected chi connectivity index (χ1v) is 10.8. The van der Waals surface area contributed by atoms with Crippen LogP contribution in [0, 0.1) is 12.0 Å². The fourth-order valence-corrected chi connectivity index (χ4v) is 9.26. The molecule has 0 N–H and O–H groups in total. The molecule has 0 nitrogen and oxygen atoms in total. The molecule has 0 saturated carbocycles. The fourth-order valence-electron chi connectivity index (χ4n) is 4.00. The van der Waals surface area contributed by atoms with E-state index in [2.05, 4.69) is 84.5 Å². The largest absolute Gasteiger partial charge is 4.00 e. The maximum absolute atomic E-state index is 3.88. The zero-order valence-electron chi connectivity index (χ0n) is 16.3. The van der Waals surface area contributed by atoms with Crippen molar-refractivity contribution in [3.05, 3.63) is 53.1 Å². The zero-order valence-corrected chi connectivity index (χ0v) is 21.1. The Kier molecular flexibility index (Phi) is 13.7. The second kappa shape index (κ2) is 11.4. The molecule has 2 rings (SSSR count). The van der Waals surface area contributed by atoms with Crippen LogP contribution >= 0.6 is 0 Å². The van der Waals surface area contributed by atoms with E-state index in [0.29, 0.717) is 0 Å². The molecule has 1 aromatic carbocycles. The third-order valence-corrected chi connectivity index (χ3v) is 11.6. The van der Waals surface area contributed by atoms with Crippen LogP contribution < -0.4 is 42.4 Å². The van der Waals surface area contributed by atoms with Crippen LogP contribution in [0.1, 0.15) is 41.5 Å². The van der Waals surface area contributed by atoms with Crippen molar-refractivity contribution in [3.63, 3.8) is 0 Å². The summed E-state index contributed by atoms with van der Waals surface area (Å²) in [4.78, 5) is 0. The number of halogens is 3. The normalized spacial score (nSPS) is 21.2. The SMILES string of the molecule is CC1=[C-]C(C)([Si](C)(CC(C)C)c2ccccc2)C(C)=C1C.[Cl-].[Cl-].[Cl-].[Ti+4]. The summed E-state index contributed by atoms with van der Waals surface area (Å²) in [5.41, 5.74) is 4.35. The predicted octanol–water partition coefficient (Wildman–Crippen LogP) is -3.50. The first-order chi connectivity index (χ1) is 9.72. The Balaban J connectivity index is -0.00000121. The van der Waals surface area contributed by atoms with Crippen LogP contribution in [0.5, 0.6) is 0 Å². The van der Waals surface area contributed by atoms with E-state index in [1.807, 2.05) is 0 Å². The number of hydrogen-bond acceptors (Lipinski definition) is 0. The molecule has 1 aliphatic carbocycles. The van der Waals surface area contributed by atoms with Gasteiger partial charge in [-0.15, -0.1) is 6.92 Å². The molecule has 1 aliphatic rings. The van der Waals surface area contributed by atoms with Gasteiger partial charge in [-0.2, -0.15) is 11.1 Å². The molecule has 0 spiro atoms. The van der Waals surface area contributed by atoms with E-state index >= 15 is 0 Å². The average molecular weight is 452 g/mol. The van der Waals surface area contributed by atoms with Gasteiger partial charge in [0.05, 0.1) is 8.07 Å². The molecule has 0 heterocycles. The topological polar surface area (TPSA) is 0 Å². The summed E-state index contributed by atoms with van der Waals surface area (Å²) < 4.78 is 0. The minimum Gasteiger partial charge on any atom is -1.00 e. The Morgan fingerprint density at radius 2 is 1.48 bits per heavy atom. The van der Waals surface area contributed by atoms with E-state index in [1.165, 1.54) is 17.2 Å². The summed E-state index contributed by atoms with van der Waals surface area (Å²) in [6.07, 6.45) is 3.88. The maximum Gasteiger partial charge on any atom is 4.00 e. The van der Waals surface area contributed by atoms with Crippen LogP contribution in [-0.2, 0) is 21.7 Å². The van der Waals surface area contributed by atoms with E-state index in [4.69, 9.17) is 0 Å². The van der Waals surface area contributed by atoms with Crippen LogP contribution in [0.25, 0.3) is 0 Å². The molecule has 5 heteroatoms. The van der Waals surface area contributed by atoms with Crippen molar-refractivity contribution in [2.24, 2.45) is 5.92 Å². The quantitative estimate of drug-likeness (QED) is 0.329. The summed E-state index contributed by atoms with van der Waals surface area (Å²) >= 11 is 0. The standard InChI is InChI=1S/C20H29Si.3ClH.Ti/c1-15(2)14-21(7,19-11-9-8-10-12-19)20(6)13-16(3)17(4)18(20)5;;;;/h8-12,15H,14H2,1-7H3;3*1H;/q-1;;;;+4/p-3. The molecule has 0 aliphatic heterocycles. The van der Waals surface area contributed by atoms with Gasteiger partial charge in [0.15, 0.2) is 0 Å². The predicted molar refractivity (Wildman–Crippen MR) is 96.5 cm³/mol. The summed E-state index contributed by atoms with van der Waals surface area (Å²) in [6.45, 7) is 16.5.